The first-order valence-electron chi connectivity index (χ1n) is 11.2. The number of amides is 1. The maximum absolute atomic E-state index is 13.2. The molecule has 1 aliphatic rings. The second kappa shape index (κ2) is 9.49. The number of nitrogens with zero attached hydrogens (tertiary/aromatic N) is 2. The Morgan fingerprint density at radius 3 is 2.26 bits per heavy atom. The number of rotatable bonds is 6. The van der Waals surface area contributed by atoms with Crippen molar-refractivity contribution in [3.8, 4) is 11.1 Å². The molecule has 160 valence electrons. The van der Waals surface area contributed by atoms with Crippen molar-refractivity contribution in [3.63, 3.8) is 0 Å². The van der Waals surface area contributed by atoms with Crippen molar-refractivity contribution in [2.24, 2.45) is 5.92 Å². The minimum Gasteiger partial charge on any atom is -0.312 e. The van der Waals surface area contributed by atoms with Gasteiger partial charge in [-0.25, -0.2) is 0 Å². The zero-order chi connectivity index (χ0) is 21.8. The van der Waals surface area contributed by atoms with Gasteiger partial charge in [-0.15, -0.1) is 0 Å². The van der Waals surface area contributed by atoms with Crippen molar-refractivity contribution in [2.45, 2.75) is 26.2 Å². The van der Waals surface area contributed by atoms with E-state index < -0.39 is 0 Å². The van der Waals surface area contributed by atoms with Crippen LogP contribution in [0.3, 0.4) is 0 Å². The van der Waals surface area contributed by atoms with Crippen LogP contribution in [0.15, 0.2) is 72.8 Å². The van der Waals surface area contributed by atoms with E-state index in [-0.39, 0.29) is 5.91 Å². The first-order valence-corrected chi connectivity index (χ1v) is 11.2. The van der Waals surface area contributed by atoms with Gasteiger partial charge >= 0.3 is 0 Å². The average molecular weight is 413 g/mol. The first kappa shape index (κ1) is 21.3. The molecule has 4 rings (SSSR count). The maximum atomic E-state index is 13.2. The lowest BCUT2D eigenvalue weighted by atomic mass is 9.91. The Kier molecular flexibility index (Phi) is 6.53. The van der Waals surface area contributed by atoms with Gasteiger partial charge in [0, 0.05) is 25.2 Å². The third-order valence-electron chi connectivity index (χ3n) is 6.12. The van der Waals surface area contributed by atoms with Gasteiger partial charge in [0.05, 0.1) is 0 Å². The molecule has 1 unspecified atom stereocenters. The lowest BCUT2D eigenvalue weighted by Gasteiger charge is -2.36. The topological polar surface area (TPSA) is 23.6 Å². The largest absolute Gasteiger partial charge is 0.312 e. The normalized spacial score (nSPS) is 15.7. The summed E-state index contributed by atoms with van der Waals surface area (Å²) in [6.45, 7) is 3.91. The number of carbonyl (C=O) groups is 1. The molecule has 0 radical (unpaired) electrons. The Morgan fingerprint density at radius 2 is 1.58 bits per heavy atom. The summed E-state index contributed by atoms with van der Waals surface area (Å²) >= 11 is 0. The van der Waals surface area contributed by atoms with Crippen LogP contribution in [0.5, 0.6) is 0 Å². The number of fused-ring (bicyclic) bond motifs is 1. The van der Waals surface area contributed by atoms with Gasteiger partial charge in [-0.05, 0) is 68.1 Å². The Morgan fingerprint density at radius 1 is 0.935 bits per heavy atom. The van der Waals surface area contributed by atoms with E-state index in [2.05, 4.69) is 92.6 Å². The fraction of sp³-hybridized carbons (Fsp3) is 0.321. The second-order valence-corrected chi connectivity index (χ2v) is 9.03. The molecule has 1 atom stereocenters. The molecule has 0 N–H and O–H groups in total. The van der Waals surface area contributed by atoms with Crippen LogP contribution in [0, 0.1) is 12.8 Å². The lowest BCUT2D eigenvalue weighted by molar-refractivity contribution is -0.118. The van der Waals surface area contributed by atoms with Gasteiger partial charge in [0.15, 0.2) is 0 Å². The zero-order valence-electron chi connectivity index (χ0n) is 18.8. The molecule has 0 saturated carbocycles. The summed E-state index contributed by atoms with van der Waals surface area (Å²) in [5.41, 5.74) is 7.30. The SMILES string of the molecule is Cc1ccc(-c2ccc(CCC(=O)N3CC(CN(C)C)Cc4ccccc43)cc2)cc1. The Hall–Kier alpha value is -2.91. The van der Waals surface area contributed by atoms with E-state index in [1.54, 1.807) is 0 Å². The molecule has 1 amide bonds. The third-order valence-corrected chi connectivity index (χ3v) is 6.12. The first-order chi connectivity index (χ1) is 15.0. The number of para-hydroxylation sites is 1. The van der Waals surface area contributed by atoms with E-state index >= 15 is 0 Å². The van der Waals surface area contributed by atoms with Gasteiger partial charge in [-0.2, -0.15) is 0 Å². The van der Waals surface area contributed by atoms with Crippen molar-refractivity contribution in [1.82, 2.24) is 4.90 Å². The molecule has 0 aliphatic carbocycles. The fourth-order valence-corrected chi connectivity index (χ4v) is 4.55. The Labute approximate surface area is 186 Å². The van der Waals surface area contributed by atoms with Crippen LogP contribution in [0.2, 0.25) is 0 Å². The van der Waals surface area contributed by atoms with E-state index in [9.17, 15) is 4.79 Å². The van der Waals surface area contributed by atoms with Crippen molar-refractivity contribution in [3.05, 3.63) is 89.5 Å². The van der Waals surface area contributed by atoms with Crippen molar-refractivity contribution in [1.29, 1.82) is 0 Å². The molecule has 0 saturated heterocycles. The van der Waals surface area contributed by atoms with E-state index in [1.165, 1.54) is 27.8 Å². The summed E-state index contributed by atoms with van der Waals surface area (Å²) in [5.74, 6) is 0.696. The van der Waals surface area contributed by atoms with Gasteiger partial charge in [0.2, 0.25) is 5.91 Å². The number of hydrogen-bond acceptors (Lipinski definition) is 2. The summed E-state index contributed by atoms with van der Waals surface area (Å²) in [6, 6.07) is 25.6. The average Bonchev–Trinajstić information content (AvgIpc) is 2.77. The molecule has 3 nitrogen and oxygen atoms in total. The van der Waals surface area contributed by atoms with Crippen LogP contribution in [-0.2, 0) is 17.6 Å². The molecule has 31 heavy (non-hydrogen) atoms. The molecule has 1 heterocycles. The predicted octanol–water partition coefficient (Wildman–Crippen LogP) is 5.36. The maximum Gasteiger partial charge on any atom is 0.227 e. The standard InChI is InChI=1S/C28H32N2O/c1-21-8-13-24(14-9-21)25-15-10-22(11-16-25)12-17-28(31)30-20-23(19-29(2)3)18-26-6-4-5-7-27(26)30/h4-11,13-16,23H,12,17-20H2,1-3H3. The quantitative estimate of drug-likeness (QED) is 0.544. The van der Waals surface area contributed by atoms with Crippen molar-refractivity contribution in [2.75, 3.05) is 32.1 Å². The summed E-state index contributed by atoms with van der Waals surface area (Å²) < 4.78 is 0. The van der Waals surface area contributed by atoms with Gasteiger partial charge < -0.3 is 9.80 Å². The minimum absolute atomic E-state index is 0.221. The van der Waals surface area contributed by atoms with Gasteiger partial charge in [0.1, 0.15) is 0 Å². The molecule has 0 spiro atoms. The molecule has 0 bridgehead atoms. The summed E-state index contributed by atoms with van der Waals surface area (Å²) in [6.07, 6.45) is 2.34. The Balaban J connectivity index is 1.42. The summed E-state index contributed by atoms with van der Waals surface area (Å²) in [5, 5.41) is 0. The Bertz CT molecular complexity index is 1020. The highest BCUT2D eigenvalue weighted by molar-refractivity contribution is 5.94. The highest BCUT2D eigenvalue weighted by Crippen LogP contribution is 2.30. The molecular formula is C28H32N2O. The second-order valence-electron chi connectivity index (χ2n) is 9.03. The van der Waals surface area contributed by atoms with Crippen LogP contribution in [-0.4, -0.2) is 38.0 Å². The third kappa shape index (κ3) is 5.23. The van der Waals surface area contributed by atoms with E-state index in [0.29, 0.717) is 12.3 Å². The van der Waals surface area contributed by atoms with Crippen LogP contribution < -0.4 is 4.90 Å². The summed E-state index contributed by atoms with van der Waals surface area (Å²) in [4.78, 5) is 17.4. The van der Waals surface area contributed by atoms with Crippen molar-refractivity contribution < 1.29 is 4.79 Å². The lowest BCUT2D eigenvalue weighted by Crippen LogP contribution is -2.43. The smallest absolute Gasteiger partial charge is 0.227 e. The molecule has 3 aromatic carbocycles. The number of aryl methyl sites for hydroxylation is 2. The van der Waals surface area contributed by atoms with E-state index in [0.717, 1.165) is 31.6 Å². The van der Waals surface area contributed by atoms with Crippen molar-refractivity contribution >= 4 is 11.6 Å². The van der Waals surface area contributed by atoms with Gasteiger partial charge in [-0.3, -0.25) is 4.79 Å². The fourth-order valence-electron chi connectivity index (χ4n) is 4.55. The van der Waals surface area contributed by atoms with E-state index in [4.69, 9.17) is 0 Å². The molecule has 3 heteroatoms. The predicted molar refractivity (Wildman–Crippen MR) is 129 cm³/mol. The zero-order valence-corrected chi connectivity index (χ0v) is 18.8. The highest BCUT2D eigenvalue weighted by atomic mass is 16.2. The van der Waals surface area contributed by atoms with Gasteiger partial charge in [-0.1, -0.05) is 72.3 Å². The number of benzene rings is 3. The highest BCUT2D eigenvalue weighted by Gasteiger charge is 2.28. The number of anilines is 1. The van der Waals surface area contributed by atoms with Crippen LogP contribution in [0.4, 0.5) is 5.69 Å². The molecular weight excluding hydrogens is 380 g/mol. The van der Waals surface area contributed by atoms with Gasteiger partial charge in [0.25, 0.3) is 0 Å². The van der Waals surface area contributed by atoms with Crippen LogP contribution >= 0.6 is 0 Å². The van der Waals surface area contributed by atoms with E-state index in [1.807, 2.05) is 11.0 Å². The summed E-state index contributed by atoms with van der Waals surface area (Å²) in [7, 11) is 4.21. The van der Waals surface area contributed by atoms with Crippen LogP contribution in [0.25, 0.3) is 11.1 Å². The monoisotopic (exact) mass is 412 g/mol. The molecule has 0 fully saturated rings. The number of hydrogen-bond donors (Lipinski definition) is 0. The molecule has 0 aromatic heterocycles. The van der Waals surface area contributed by atoms with Crippen LogP contribution in [0.1, 0.15) is 23.1 Å². The number of carbonyl (C=O) groups excluding carboxylic acids is 1. The molecule has 1 aliphatic heterocycles. The molecule has 3 aromatic rings. The minimum atomic E-state index is 0.221.